The molecule has 0 radical (unpaired) electrons. The summed E-state index contributed by atoms with van der Waals surface area (Å²) >= 11 is 1.54. The van der Waals surface area contributed by atoms with E-state index in [2.05, 4.69) is 34.5 Å². The van der Waals surface area contributed by atoms with E-state index in [0.717, 1.165) is 34.9 Å². The standard InChI is InChI=1S/C17H15N3OS/c18-11-4-1-5-12-22-17-20-19-16(21-17)15-10-6-8-13-7-2-3-9-14(13)15/h2-3,6-10H,1,4-5,12H2. The number of unbranched alkanes of at least 4 members (excludes halogenated alkanes) is 2. The summed E-state index contributed by atoms with van der Waals surface area (Å²) in [6.45, 7) is 0. The van der Waals surface area contributed by atoms with Gasteiger partial charge in [0, 0.05) is 17.7 Å². The monoisotopic (exact) mass is 309 g/mol. The molecule has 5 heteroatoms. The molecule has 0 bridgehead atoms. The zero-order chi connectivity index (χ0) is 15.2. The van der Waals surface area contributed by atoms with Gasteiger partial charge in [-0.25, -0.2) is 0 Å². The van der Waals surface area contributed by atoms with E-state index in [0.29, 0.717) is 17.5 Å². The molecule has 3 aromatic rings. The lowest BCUT2D eigenvalue weighted by Gasteiger charge is -2.01. The molecule has 0 atom stereocenters. The van der Waals surface area contributed by atoms with Crippen LogP contribution in [-0.2, 0) is 0 Å². The molecule has 0 amide bonds. The Labute approximate surface area is 133 Å². The van der Waals surface area contributed by atoms with Gasteiger partial charge in [0.2, 0.25) is 5.89 Å². The zero-order valence-electron chi connectivity index (χ0n) is 12.0. The van der Waals surface area contributed by atoms with Gasteiger partial charge in [-0.15, -0.1) is 10.2 Å². The minimum Gasteiger partial charge on any atom is -0.411 e. The normalized spacial score (nSPS) is 10.7. The highest BCUT2D eigenvalue weighted by Gasteiger charge is 2.11. The van der Waals surface area contributed by atoms with Gasteiger partial charge >= 0.3 is 0 Å². The van der Waals surface area contributed by atoms with Gasteiger partial charge < -0.3 is 4.42 Å². The van der Waals surface area contributed by atoms with E-state index >= 15 is 0 Å². The first-order chi connectivity index (χ1) is 10.9. The van der Waals surface area contributed by atoms with E-state index in [1.165, 1.54) is 0 Å². The largest absolute Gasteiger partial charge is 0.411 e. The van der Waals surface area contributed by atoms with Crippen LogP contribution in [0.25, 0.3) is 22.2 Å². The van der Waals surface area contributed by atoms with Gasteiger partial charge in [-0.2, -0.15) is 5.26 Å². The Bertz CT molecular complexity index is 802. The smallest absolute Gasteiger partial charge is 0.276 e. The lowest BCUT2D eigenvalue weighted by atomic mass is 10.0. The maximum absolute atomic E-state index is 8.50. The molecular weight excluding hydrogens is 294 g/mol. The number of nitrogens with zero attached hydrogens (tertiary/aromatic N) is 3. The average Bonchev–Trinajstić information content (AvgIpc) is 3.03. The Hall–Kier alpha value is -2.32. The zero-order valence-corrected chi connectivity index (χ0v) is 12.8. The average molecular weight is 309 g/mol. The highest BCUT2D eigenvalue weighted by atomic mass is 32.2. The SMILES string of the molecule is N#CCCCCSc1nnc(-c2cccc3ccccc23)o1. The number of aromatic nitrogens is 2. The van der Waals surface area contributed by atoms with Crippen molar-refractivity contribution in [2.24, 2.45) is 0 Å². The van der Waals surface area contributed by atoms with Crippen LogP contribution < -0.4 is 0 Å². The lowest BCUT2D eigenvalue weighted by Crippen LogP contribution is -1.81. The first-order valence-corrected chi connectivity index (χ1v) is 8.18. The highest BCUT2D eigenvalue weighted by Crippen LogP contribution is 2.29. The molecule has 3 rings (SSSR count). The number of benzene rings is 2. The Morgan fingerprint density at radius 3 is 2.82 bits per heavy atom. The lowest BCUT2D eigenvalue weighted by molar-refractivity contribution is 0.466. The molecule has 0 fully saturated rings. The number of nitriles is 1. The second-order valence-corrected chi connectivity index (χ2v) is 5.91. The van der Waals surface area contributed by atoms with Crippen LogP contribution >= 0.6 is 11.8 Å². The van der Waals surface area contributed by atoms with Crippen molar-refractivity contribution in [2.75, 3.05) is 5.75 Å². The van der Waals surface area contributed by atoms with Crippen molar-refractivity contribution in [3.05, 3.63) is 42.5 Å². The summed E-state index contributed by atoms with van der Waals surface area (Å²) in [6.07, 6.45) is 2.49. The van der Waals surface area contributed by atoms with Crippen molar-refractivity contribution >= 4 is 22.5 Å². The van der Waals surface area contributed by atoms with Crippen LogP contribution in [-0.4, -0.2) is 16.0 Å². The van der Waals surface area contributed by atoms with Crippen LogP contribution in [0.1, 0.15) is 19.3 Å². The van der Waals surface area contributed by atoms with Gasteiger partial charge in [0.15, 0.2) is 0 Å². The first-order valence-electron chi connectivity index (χ1n) is 7.20. The van der Waals surface area contributed by atoms with E-state index < -0.39 is 0 Å². The van der Waals surface area contributed by atoms with Gasteiger partial charge in [-0.1, -0.05) is 48.2 Å². The molecule has 1 heterocycles. The topological polar surface area (TPSA) is 62.7 Å². The van der Waals surface area contributed by atoms with Gasteiger partial charge in [0.1, 0.15) is 0 Å². The molecule has 110 valence electrons. The van der Waals surface area contributed by atoms with Crippen LogP contribution in [0.5, 0.6) is 0 Å². The van der Waals surface area contributed by atoms with Crippen molar-refractivity contribution < 1.29 is 4.42 Å². The third-order valence-corrected chi connectivity index (χ3v) is 4.24. The van der Waals surface area contributed by atoms with E-state index in [4.69, 9.17) is 9.68 Å². The van der Waals surface area contributed by atoms with E-state index in [9.17, 15) is 0 Å². The number of thioether (sulfide) groups is 1. The van der Waals surface area contributed by atoms with Gasteiger partial charge in [0.25, 0.3) is 5.22 Å². The third kappa shape index (κ3) is 3.29. The molecule has 0 aliphatic carbocycles. The fourth-order valence-corrected chi connectivity index (χ4v) is 3.01. The molecule has 4 nitrogen and oxygen atoms in total. The summed E-state index contributed by atoms with van der Waals surface area (Å²) in [4.78, 5) is 0. The Balaban J connectivity index is 1.74. The maximum atomic E-state index is 8.50. The molecule has 22 heavy (non-hydrogen) atoms. The Morgan fingerprint density at radius 1 is 1.05 bits per heavy atom. The number of hydrogen-bond acceptors (Lipinski definition) is 5. The van der Waals surface area contributed by atoms with Crippen LogP contribution in [0.2, 0.25) is 0 Å². The van der Waals surface area contributed by atoms with Crippen LogP contribution in [0.4, 0.5) is 0 Å². The van der Waals surface area contributed by atoms with Gasteiger partial charge in [-0.05, 0) is 29.7 Å². The van der Waals surface area contributed by atoms with Gasteiger partial charge in [0.05, 0.1) is 6.07 Å². The number of hydrogen-bond donors (Lipinski definition) is 0. The van der Waals surface area contributed by atoms with E-state index in [1.54, 1.807) is 11.8 Å². The molecular formula is C17H15N3OS. The molecule has 1 aromatic heterocycles. The summed E-state index contributed by atoms with van der Waals surface area (Å²) < 4.78 is 5.76. The molecule has 0 saturated carbocycles. The summed E-state index contributed by atoms with van der Waals surface area (Å²) in [7, 11) is 0. The summed E-state index contributed by atoms with van der Waals surface area (Å²) in [5.74, 6) is 1.44. The molecule has 0 spiro atoms. The van der Waals surface area contributed by atoms with Crippen molar-refractivity contribution in [1.82, 2.24) is 10.2 Å². The predicted molar refractivity (Wildman–Crippen MR) is 87.4 cm³/mol. The van der Waals surface area contributed by atoms with Gasteiger partial charge in [-0.3, -0.25) is 0 Å². The second kappa shape index (κ2) is 7.10. The first kappa shape index (κ1) is 14.6. The van der Waals surface area contributed by atoms with Crippen molar-refractivity contribution in [3.63, 3.8) is 0 Å². The van der Waals surface area contributed by atoms with E-state index in [1.807, 2.05) is 24.3 Å². The highest BCUT2D eigenvalue weighted by molar-refractivity contribution is 7.99. The molecule has 0 aliphatic rings. The molecule has 0 N–H and O–H groups in total. The van der Waals surface area contributed by atoms with E-state index in [-0.39, 0.29) is 0 Å². The summed E-state index contributed by atoms with van der Waals surface area (Å²) in [5.41, 5.74) is 0.960. The molecule has 0 unspecified atom stereocenters. The van der Waals surface area contributed by atoms with Crippen molar-refractivity contribution in [1.29, 1.82) is 5.26 Å². The summed E-state index contributed by atoms with van der Waals surface area (Å²) in [6, 6.07) is 16.4. The second-order valence-electron chi connectivity index (χ2n) is 4.86. The van der Waals surface area contributed by atoms with Crippen molar-refractivity contribution in [2.45, 2.75) is 24.5 Å². The number of fused-ring (bicyclic) bond motifs is 1. The Morgan fingerprint density at radius 2 is 1.91 bits per heavy atom. The summed E-state index contributed by atoms with van der Waals surface area (Å²) in [5, 5.41) is 19.6. The fraction of sp³-hybridized carbons (Fsp3) is 0.235. The van der Waals surface area contributed by atoms with Crippen molar-refractivity contribution in [3.8, 4) is 17.5 Å². The molecule has 2 aromatic carbocycles. The fourth-order valence-electron chi connectivity index (χ4n) is 2.25. The quantitative estimate of drug-likeness (QED) is 0.489. The van der Waals surface area contributed by atoms with Crippen LogP contribution in [0, 0.1) is 11.3 Å². The predicted octanol–water partition coefficient (Wildman–Crippen LogP) is 4.68. The molecule has 0 saturated heterocycles. The maximum Gasteiger partial charge on any atom is 0.276 e. The molecule has 0 aliphatic heterocycles. The third-order valence-electron chi connectivity index (χ3n) is 3.33. The van der Waals surface area contributed by atoms with Crippen LogP contribution in [0.15, 0.2) is 52.1 Å². The minimum atomic E-state index is 0.552. The Kier molecular flexibility index (Phi) is 4.71. The minimum absolute atomic E-state index is 0.552. The van der Waals surface area contributed by atoms with Crippen LogP contribution in [0.3, 0.4) is 0 Å². The number of rotatable bonds is 6.